The lowest BCUT2D eigenvalue weighted by Gasteiger charge is -2.11. The van der Waals surface area contributed by atoms with Gasteiger partial charge < -0.3 is 15.9 Å². The van der Waals surface area contributed by atoms with Gasteiger partial charge in [-0.1, -0.05) is 11.6 Å². The number of hydrogen-bond donors (Lipinski definition) is 3. The Balaban J connectivity index is 2.01. The van der Waals surface area contributed by atoms with E-state index in [0.29, 0.717) is 33.8 Å². The number of primary amides is 1. The molecule has 4 aromatic rings. The van der Waals surface area contributed by atoms with Crippen molar-refractivity contribution in [3.8, 4) is 28.6 Å². The Morgan fingerprint density at radius 1 is 1.07 bits per heavy atom. The zero-order valence-electron chi connectivity index (χ0n) is 13.8. The Kier molecular flexibility index (Phi) is 3.93. The Bertz CT molecular complexity index is 1190. The quantitative estimate of drug-likeness (QED) is 0.504. The predicted octanol–water partition coefficient (Wildman–Crippen LogP) is 3.25. The third-order valence-electron chi connectivity index (χ3n) is 4.13. The highest BCUT2D eigenvalue weighted by Crippen LogP contribution is 2.38. The fraction of sp³-hybridized carbons (Fsp3) is 0. The van der Waals surface area contributed by atoms with Crippen LogP contribution >= 0.6 is 11.6 Å². The van der Waals surface area contributed by atoms with Gasteiger partial charge in [0.2, 0.25) is 5.91 Å². The maximum atomic E-state index is 11.3. The number of carbonyl (C=O) groups is 1. The molecule has 27 heavy (non-hydrogen) atoms. The van der Waals surface area contributed by atoms with E-state index in [0.717, 1.165) is 6.07 Å². The number of benzene rings is 2. The standard InChI is InChI=1S/C19H13ClN4O3/c20-13-8-12(15(25)9-16(13)26)18-23-14-2-1-7-22-19(14)24(18)11-5-3-10(4-6-11)17(21)27/h1-9,25-26H,(H2,21,27). The van der Waals surface area contributed by atoms with Crippen LogP contribution in [-0.2, 0) is 0 Å². The topological polar surface area (TPSA) is 114 Å². The van der Waals surface area contributed by atoms with Crippen LogP contribution in [0.1, 0.15) is 10.4 Å². The van der Waals surface area contributed by atoms with Crippen molar-refractivity contribution in [1.82, 2.24) is 14.5 Å². The second-order valence-electron chi connectivity index (χ2n) is 5.85. The maximum Gasteiger partial charge on any atom is 0.248 e. The smallest absolute Gasteiger partial charge is 0.248 e. The van der Waals surface area contributed by atoms with E-state index in [9.17, 15) is 15.0 Å². The van der Waals surface area contributed by atoms with Gasteiger partial charge in [-0.05, 0) is 42.5 Å². The Labute approximate surface area is 158 Å². The van der Waals surface area contributed by atoms with Crippen molar-refractivity contribution in [2.24, 2.45) is 5.73 Å². The molecular formula is C19H13ClN4O3. The molecule has 1 amide bonds. The molecule has 134 valence electrons. The van der Waals surface area contributed by atoms with Gasteiger partial charge in [0.15, 0.2) is 11.5 Å². The van der Waals surface area contributed by atoms with Crippen molar-refractivity contribution in [2.75, 3.05) is 0 Å². The van der Waals surface area contributed by atoms with Gasteiger partial charge in [-0.2, -0.15) is 0 Å². The van der Waals surface area contributed by atoms with Gasteiger partial charge in [-0.25, -0.2) is 9.97 Å². The molecule has 0 atom stereocenters. The summed E-state index contributed by atoms with van der Waals surface area (Å²) in [6.45, 7) is 0. The number of phenolic OH excluding ortho intramolecular Hbond substituents is 2. The number of nitrogens with zero attached hydrogens (tertiary/aromatic N) is 3. The van der Waals surface area contributed by atoms with Gasteiger partial charge in [0, 0.05) is 23.5 Å². The van der Waals surface area contributed by atoms with E-state index in [1.807, 2.05) is 0 Å². The van der Waals surface area contributed by atoms with E-state index >= 15 is 0 Å². The Morgan fingerprint density at radius 2 is 1.81 bits per heavy atom. The van der Waals surface area contributed by atoms with Crippen LogP contribution in [0.2, 0.25) is 5.02 Å². The van der Waals surface area contributed by atoms with Gasteiger partial charge in [0.25, 0.3) is 0 Å². The summed E-state index contributed by atoms with van der Waals surface area (Å²) in [6, 6.07) is 12.7. The van der Waals surface area contributed by atoms with Crippen LogP contribution in [0.5, 0.6) is 11.5 Å². The monoisotopic (exact) mass is 380 g/mol. The summed E-state index contributed by atoms with van der Waals surface area (Å²) in [5, 5.41) is 20.1. The summed E-state index contributed by atoms with van der Waals surface area (Å²) >= 11 is 6.02. The number of amides is 1. The third kappa shape index (κ3) is 2.84. The lowest BCUT2D eigenvalue weighted by molar-refractivity contribution is 0.100. The second kappa shape index (κ2) is 6.30. The van der Waals surface area contributed by atoms with E-state index in [2.05, 4.69) is 9.97 Å². The molecule has 0 aliphatic carbocycles. The van der Waals surface area contributed by atoms with E-state index in [-0.39, 0.29) is 16.5 Å². The number of carbonyl (C=O) groups excluding carboxylic acids is 1. The zero-order valence-corrected chi connectivity index (χ0v) is 14.6. The van der Waals surface area contributed by atoms with Gasteiger partial charge in [0.1, 0.15) is 17.0 Å². The molecule has 0 unspecified atom stereocenters. The van der Waals surface area contributed by atoms with Gasteiger partial charge in [0.05, 0.1) is 10.6 Å². The molecule has 4 N–H and O–H groups in total. The summed E-state index contributed by atoms with van der Waals surface area (Å²) in [6.07, 6.45) is 1.63. The van der Waals surface area contributed by atoms with Crippen molar-refractivity contribution in [3.63, 3.8) is 0 Å². The molecule has 0 radical (unpaired) electrons. The Hall–Kier alpha value is -3.58. The van der Waals surface area contributed by atoms with Crippen LogP contribution < -0.4 is 5.73 Å². The minimum Gasteiger partial charge on any atom is -0.507 e. The summed E-state index contributed by atoms with van der Waals surface area (Å²) in [4.78, 5) is 20.3. The van der Waals surface area contributed by atoms with Gasteiger partial charge in [-0.3, -0.25) is 9.36 Å². The average Bonchev–Trinajstić information content (AvgIpc) is 3.04. The molecule has 2 aromatic heterocycles. The molecule has 0 aliphatic heterocycles. The number of hydrogen-bond acceptors (Lipinski definition) is 5. The molecule has 2 heterocycles. The maximum absolute atomic E-state index is 11.3. The van der Waals surface area contributed by atoms with E-state index in [1.54, 1.807) is 47.2 Å². The number of phenols is 2. The molecule has 2 aromatic carbocycles. The first-order valence-electron chi connectivity index (χ1n) is 7.91. The van der Waals surface area contributed by atoms with Crippen LogP contribution in [0.3, 0.4) is 0 Å². The SMILES string of the molecule is NC(=O)c1ccc(-n2c(-c3cc(Cl)c(O)cc3O)nc3cccnc32)cc1. The summed E-state index contributed by atoms with van der Waals surface area (Å²) in [5.74, 6) is -0.556. The molecule has 0 bridgehead atoms. The van der Waals surface area contributed by atoms with Gasteiger partial charge >= 0.3 is 0 Å². The fourth-order valence-electron chi connectivity index (χ4n) is 2.84. The minimum absolute atomic E-state index is 0.0819. The lowest BCUT2D eigenvalue weighted by atomic mass is 10.1. The largest absolute Gasteiger partial charge is 0.507 e. The third-order valence-corrected chi connectivity index (χ3v) is 4.43. The molecule has 4 rings (SSSR count). The highest BCUT2D eigenvalue weighted by atomic mass is 35.5. The average molecular weight is 381 g/mol. The molecule has 0 aliphatic rings. The zero-order chi connectivity index (χ0) is 19.1. The van der Waals surface area contributed by atoms with Crippen molar-refractivity contribution in [1.29, 1.82) is 0 Å². The normalized spacial score (nSPS) is 11.0. The first-order chi connectivity index (χ1) is 13.0. The number of nitrogens with two attached hydrogens (primary N) is 1. The summed E-state index contributed by atoms with van der Waals surface area (Å²) < 4.78 is 1.72. The molecule has 0 saturated heterocycles. The molecule has 0 spiro atoms. The van der Waals surface area contributed by atoms with Crippen LogP contribution in [0.4, 0.5) is 0 Å². The van der Waals surface area contributed by atoms with Crippen LogP contribution in [-0.4, -0.2) is 30.7 Å². The highest BCUT2D eigenvalue weighted by Gasteiger charge is 2.19. The first-order valence-corrected chi connectivity index (χ1v) is 8.29. The van der Waals surface area contributed by atoms with Crippen LogP contribution in [0, 0.1) is 0 Å². The van der Waals surface area contributed by atoms with E-state index < -0.39 is 5.91 Å². The number of aromatic nitrogens is 3. The number of rotatable bonds is 3. The number of aromatic hydroxyl groups is 2. The Morgan fingerprint density at radius 3 is 2.52 bits per heavy atom. The number of fused-ring (bicyclic) bond motifs is 1. The van der Waals surface area contributed by atoms with Crippen molar-refractivity contribution in [2.45, 2.75) is 0 Å². The van der Waals surface area contributed by atoms with Crippen LogP contribution in [0.25, 0.3) is 28.2 Å². The molecule has 0 saturated carbocycles. The summed E-state index contributed by atoms with van der Waals surface area (Å²) in [5.41, 5.74) is 7.83. The van der Waals surface area contributed by atoms with Crippen LogP contribution in [0.15, 0.2) is 54.7 Å². The molecule has 7 nitrogen and oxygen atoms in total. The molecule has 8 heteroatoms. The second-order valence-corrected chi connectivity index (χ2v) is 6.26. The number of imidazole rings is 1. The summed E-state index contributed by atoms with van der Waals surface area (Å²) in [7, 11) is 0. The molecular weight excluding hydrogens is 368 g/mol. The van der Waals surface area contributed by atoms with Crippen molar-refractivity contribution in [3.05, 3.63) is 65.3 Å². The highest BCUT2D eigenvalue weighted by molar-refractivity contribution is 6.32. The lowest BCUT2D eigenvalue weighted by Crippen LogP contribution is -2.10. The van der Waals surface area contributed by atoms with E-state index in [1.165, 1.54) is 6.07 Å². The number of pyridine rings is 1. The van der Waals surface area contributed by atoms with E-state index in [4.69, 9.17) is 17.3 Å². The van der Waals surface area contributed by atoms with Crippen molar-refractivity contribution < 1.29 is 15.0 Å². The van der Waals surface area contributed by atoms with Crippen molar-refractivity contribution >= 4 is 28.7 Å². The minimum atomic E-state index is -0.529. The predicted molar refractivity (Wildman–Crippen MR) is 101 cm³/mol. The first kappa shape index (κ1) is 16.9. The fourth-order valence-corrected chi connectivity index (χ4v) is 3.01. The number of halogens is 1. The molecule has 0 fully saturated rings. The van der Waals surface area contributed by atoms with Gasteiger partial charge in [-0.15, -0.1) is 0 Å².